The molecule has 1 aliphatic rings. The molecule has 0 unspecified atom stereocenters. The zero-order chi connectivity index (χ0) is 14.9. The molecule has 112 valence electrons. The number of nitrogens with two attached hydrogens (primary N) is 1. The van der Waals surface area contributed by atoms with Crippen LogP contribution in [-0.2, 0) is 0 Å². The number of likely N-dealkylation sites (N-methyl/N-ethyl adjacent to an activating group) is 1. The second kappa shape index (κ2) is 5.61. The number of nitrogens with one attached hydrogen (secondary N) is 1. The van der Waals surface area contributed by atoms with Gasteiger partial charge in [-0.2, -0.15) is 4.37 Å². The fourth-order valence-electron chi connectivity index (χ4n) is 2.82. The van der Waals surface area contributed by atoms with Gasteiger partial charge in [-0.1, -0.05) is 6.07 Å². The SMILES string of the molecule is CN(C)C1(CNc2snc(N)c2-c2cccnc2)CCC1. The third-order valence-electron chi connectivity index (χ3n) is 4.48. The van der Waals surface area contributed by atoms with Gasteiger partial charge in [0.1, 0.15) is 10.8 Å². The number of hydrogen-bond acceptors (Lipinski definition) is 6. The zero-order valence-corrected chi connectivity index (χ0v) is 13.3. The summed E-state index contributed by atoms with van der Waals surface area (Å²) in [5.41, 5.74) is 8.30. The van der Waals surface area contributed by atoms with Crippen LogP contribution in [0.3, 0.4) is 0 Å². The molecule has 5 nitrogen and oxygen atoms in total. The summed E-state index contributed by atoms with van der Waals surface area (Å²) < 4.78 is 4.30. The summed E-state index contributed by atoms with van der Waals surface area (Å²) in [4.78, 5) is 6.50. The van der Waals surface area contributed by atoms with E-state index < -0.39 is 0 Å². The molecule has 1 aliphatic carbocycles. The van der Waals surface area contributed by atoms with E-state index in [0.717, 1.165) is 22.7 Å². The summed E-state index contributed by atoms with van der Waals surface area (Å²) in [6.45, 7) is 0.925. The molecule has 0 aliphatic heterocycles. The molecule has 0 amide bonds. The van der Waals surface area contributed by atoms with Crippen LogP contribution in [0, 0.1) is 0 Å². The molecule has 0 saturated heterocycles. The first-order valence-electron chi connectivity index (χ1n) is 7.19. The highest BCUT2D eigenvalue weighted by molar-refractivity contribution is 7.11. The molecule has 1 saturated carbocycles. The van der Waals surface area contributed by atoms with Crippen LogP contribution in [0.5, 0.6) is 0 Å². The molecule has 0 radical (unpaired) electrons. The Kier molecular flexibility index (Phi) is 3.82. The lowest BCUT2D eigenvalue weighted by Crippen LogP contribution is -2.54. The first kappa shape index (κ1) is 14.3. The molecule has 0 aromatic carbocycles. The average molecular weight is 303 g/mol. The Morgan fingerprint density at radius 1 is 1.43 bits per heavy atom. The molecule has 21 heavy (non-hydrogen) atoms. The largest absolute Gasteiger partial charge is 0.382 e. The summed E-state index contributed by atoms with van der Waals surface area (Å²) in [6, 6.07) is 3.94. The molecule has 2 aromatic rings. The summed E-state index contributed by atoms with van der Waals surface area (Å²) in [6.07, 6.45) is 7.38. The van der Waals surface area contributed by atoms with Gasteiger partial charge in [0, 0.05) is 30.0 Å². The molecule has 2 aromatic heterocycles. The summed E-state index contributed by atoms with van der Waals surface area (Å²) >= 11 is 1.43. The lowest BCUT2D eigenvalue weighted by Gasteiger charge is -2.47. The quantitative estimate of drug-likeness (QED) is 0.889. The smallest absolute Gasteiger partial charge is 0.147 e. The fraction of sp³-hybridized carbons (Fsp3) is 0.467. The van der Waals surface area contributed by atoms with Crippen LogP contribution < -0.4 is 11.1 Å². The van der Waals surface area contributed by atoms with Crippen molar-refractivity contribution in [2.75, 3.05) is 31.7 Å². The topological polar surface area (TPSA) is 67.1 Å². The Morgan fingerprint density at radius 3 is 2.81 bits per heavy atom. The number of rotatable bonds is 5. The van der Waals surface area contributed by atoms with E-state index in [1.807, 2.05) is 18.3 Å². The van der Waals surface area contributed by atoms with Crippen molar-refractivity contribution in [3.8, 4) is 11.1 Å². The maximum absolute atomic E-state index is 6.04. The highest BCUT2D eigenvalue weighted by Gasteiger charge is 2.39. The second-order valence-electron chi connectivity index (χ2n) is 5.84. The second-order valence-corrected chi connectivity index (χ2v) is 6.61. The van der Waals surface area contributed by atoms with Crippen molar-refractivity contribution in [1.82, 2.24) is 14.3 Å². The van der Waals surface area contributed by atoms with E-state index in [1.54, 1.807) is 6.20 Å². The molecule has 0 bridgehead atoms. The average Bonchev–Trinajstić information content (AvgIpc) is 2.79. The van der Waals surface area contributed by atoms with Gasteiger partial charge in [-0.25, -0.2) is 0 Å². The van der Waals surface area contributed by atoms with Gasteiger partial charge in [-0.3, -0.25) is 4.98 Å². The number of pyridine rings is 1. The van der Waals surface area contributed by atoms with Crippen LogP contribution in [0.1, 0.15) is 19.3 Å². The third kappa shape index (κ3) is 2.61. The van der Waals surface area contributed by atoms with Crippen LogP contribution in [-0.4, -0.2) is 40.4 Å². The summed E-state index contributed by atoms with van der Waals surface area (Å²) in [5.74, 6) is 0.572. The molecule has 2 heterocycles. The normalized spacial score (nSPS) is 16.7. The number of anilines is 2. The third-order valence-corrected chi connectivity index (χ3v) is 5.30. The lowest BCUT2D eigenvalue weighted by molar-refractivity contribution is 0.0740. The van der Waals surface area contributed by atoms with Crippen molar-refractivity contribution >= 4 is 22.4 Å². The minimum atomic E-state index is 0.269. The van der Waals surface area contributed by atoms with E-state index in [4.69, 9.17) is 5.73 Å². The Labute approximate surface area is 129 Å². The zero-order valence-electron chi connectivity index (χ0n) is 12.5. The van der Waals surface area contributed by atoms with Crippen molar-refractivity contribution in [1.29, 1.82) is 0 Å². The fourth-order valence-corrected chi connectivity index (χ4v) is 3.56. The van der Waals surface area contributed by atoms with Gasteiger partial charge in [0.15, 0.2) is 0 Å². The number of hydrogen-bond donors (Lipinski definition) is 2. The standard InChI is InChI=1S/C15H21N5S/c1-20(2)15(6-4-7-15)10-18-14-12(13(16)19-21-14)11-5-3-8-17-9-11/h3,5,8-9,18H,4,6-7,10H2,1-2H3,(H2,16,19). The van der Waals surface area contributed by atoms with Crippen molar-refractivity contribution in [3.05, 3.63) is 24.5 Å². The molecular weight excluding hydrogens is 282 g/mol. The molecule has 0 atom stereocenters. The van der Waals surface area contributed by atoms with Gasteiger partial charge in [0.2, 0.25) is 0 Å². The van der Waals surface area contributed by atoms with Crippen molar-refractivity contribution < 1.29 is 0 Å². The number of aromatic nitrogens is 2. The van der Waals surface area contributed by atoms with E-state index in [2.05, 4.69) is 33.7 Å². The molecule has 3 N–H and O–H groups in total. The Hall–Kier alpha value is -1.66. The molecule has 3 rings (SSSR count). The van der Waals surface area contributed by atoms with Crippen LogP contribution in [0.15, 0.2) is 24.5 Å². The van der Waals surface area contributed by atoms with Gasteiger partial charge < -0.3 is 16.0 Å². The Morgan fingerprint density at radius 2 is 2.24 bits per heavy atom. The molecule has 6 heteroatoms. The van der Waals surface area contributed by atoms with E-state index >= 15 is 0 Å². The van der Waals surface area contributed by atoms with Gasteiger partial charge >= 0.3 is 0 Å². The highest BCUT2D eigenvalue weighted by atomic mass is 32.1. The van der Waals surface area contributed by atoms with Crippen LogP contribution >= 0.6 is 11.5 Å². The van der Waals surface area contributed by atoms with Crippen LogP contribution in [0.4, 0.5) is 10.8 Å². The molecular formula is C15H21N5S. The minimum absolute atomic E-state index is 0.269. The maximum Gasteiger partial charge on any atom is 0.147 e. The van der Waals surface area contributed by atoms with Crippen molar-refractivity contribution in [2.24, 2.45) is 0 Å². The Balaban J connectivity index is 1.81. The van der Waals surface area contributed by atoms with Gasteiger partial charge in [-0.15, -0.1) is 0 Å². The summed E-state index contributed by atoms with van der Waals surface area (Å²) in [5, 5.41) is 4.60. The number of nitrogen functional groups attached to an aromatic ring is 1. The van der Waals surface area contributed by atoms with E-state index in [1.165, 1.54) is 30.8 Å². The lowest BCUT2D eigenvalue weighted by atomic mass is 9.75. The predicted octanol–water partition coefficient (Wildman–Crippen LogP) is 2.68. The minimum Gasteiger partial charge on any atom is -0.382 e. The van der Waals surface area contributed by atoms with E-state index in [-0.39, 0.29) is 5.54 Å². The number of nitrogens with zero attached hydrogens (tertiary/aromatic N) is 3. The Bertz CT molecular complexity index is 604. The van der Waals surface area contributed by atoms with Gasteiger partial charge in [0.25, 0.3) is 0 Å². The first-order chi connectivity index (χ1) is 10.1. The van der Waals surface area contributed by atoms with E-state index in [9.17, 15) is 0 Å². The maximum atomic E-state index is 6.04. The molecule has 1 fully saturated rings. The monoisotopic (exact) mass is 303 g/mol. The van der Waals surface area contributed by atoms with Crippen molar-refractivity contribution in [3.63, 3.8) is 0 Å². The summed E-state index contributed by atoms with van der Waals surface area (Å²) in [7, 11) is 4.31. The van der Waals surface area contributed by atoms with E-state index in [0.29, 0.717) is 5.82 Å². The van der Waals surface area contributed by atoms with Crippen LogP contribution in [0.2, 0.25) is 0 Å². The van der Waals surface area contributed by atoms with Crippen molar-refractivity contribution in [2.45, 2.75) is 24.8 Å². The first-order valence-corrected chi connectivity index (χ1v) is 7.97. The van der Waals surface area contributed by atoms with Gasteiger partial charge in [0.05, 0.1) is 5.56 Å². The predicted molar refractivity (Wildman–Crippen MR) is 88.5 cm³/mol. The highest BCUT2D eigenvalue weighted by Crippen LogP contribution is 2.40. The van der Waals surface area contributed by atoms with Crippen LogP contribution in [0.25, 0.3) is 11.1 Å². The molecule has 0 spiro atoms. The van der Waals surface area contributed by atoms with Gasteiger partial charge in [-0.05, 0) is 51.0 Å².